The van der Waals surface area contributed by atoms with E-state index < -0.39 is 10.0 Å². The molecule has 0 bridgehead atoms. The molecule has 0 aliphatic carbocycles. The number of hydrogen-bond donors (Lipinski definition) is 2. The average Bonchev–Trinajstić information content (AvgIpc) is 2.09. The van der Waals surface area contributed by atoms with Crippen LogP contribution in [0.3, 0.4) is 0 Å². The Morgan fingerprint density at radius 3 is 2.62 bits per heavy atom. The Morgan fingerprint density at radius 1 is 1.46 bits per heavy atom. The minimum atomic E-state index is -3.55. The first-order valence-corrected chi connectivity index (χ1v) is 5.73. The lowest BCUT2D eigenvalue weighted by atomic mass is 10.2. The quantitative estimate of drug-likeness (QED) is 0.616. The van der Waals surface area contributed by atoms with Crippen molar-refractivity contribution in [3.05, 3.63) is 28.2 Å². The van der Waals surface area contributed by atoms with Gasteiger partial charge in [-0.05, 0) is 24.6 Å². The summed E-state index contributed by atoms with van der Waals surface area (Å²) < 4.78 is 23.3. The van der Waals surface area contributed by atoms with Gasteiger partial charge in [0.25, 0.3) is 10.0 Å². The number of sulfonamides is 1. The highest BCUT2D eigenvalue weighted by Gasteiger charge is 2.14. The lowest BCUT2D eigenvalue weighted by molar-refractivity contribution is 0.583. The van der Waals surface area contributed by atoms with Gasteiger partial charge in [-0.3, -0.25) is 5.84 Å². The number of benzene rings is 1. The van der Waals surface area contributed by atoms with E-state index in [1.807, 2.05) is 0 Å². The third-order valence-electron chi connectivity index (χ3n) is 1.59. The largest absolute Gasteiger partial charge is 0.257 e. The van der Waals surface area contributed by atoms with Crippen molar-refractivity contribution in [2.45, 2.75) is 11.8 Å². The molecule has 0 spiro atoms. The summed E-state index contributed by atoms with van der Waals surface area (Å²) in [6, 6.07) is 4.98. The van der Waals surface area contributed by atoms with E-state index in [1.165, 1.54) is 6.07 Å². The third-order valence-corrected chi connectivity index (χ3v) is 3.42. The maximum Gasteiger partial charge on any atom is 0.253 e. The van der Waals surface area contributed by atoms with Crippen LogP contribution in [0.5, 0.6) is 0 Å². The molecule has 0 heterocycles. The minimum Gasteiger partial charge on any atom is -0.257 e. The maximum atomic E-state index is 11.3. The van der Waals surface area contributed by atoms with Crippen molar-refractivity contribution < 1.29 is 8.42 Å². The van der Waals surface area contributed by atoms with Gasteiger partial charge in [0.05, 0.1) is 4.90 Å². The Hall–Kier alpha value is -0.430. The molecule has 0 atom stereocenters. The zero-order valence-electron chi connectivity index (χ0n) is 6.91. The second-order valence-electron chi connectivity index (χ2n) is 2.53. The average molecular weight is 265 g/mol. The highest BCUT2D eigenvalue weighted by atomic mass is 79.9. The van der Waals surface area contributed by atoms with E-state index in [9.17, 15) is 8.42 Å². The molecule has 6 heteroatoms. The highest BCUT2D eigenvalue weighted by molar-refractivity contribution is 9.10. The molecule has 0 fully saturated rings. The first kappa shape index (κ1) is 10.6. The number of nitrogens with two attached hydrogens (primary N) is 1. The Bertz CT molecular complexity index is 417. The van der Waals surface area contributed by atoms with Gasteiger partial charge in [-0.25, -0.2) is 8.42 Å². The van der Waals surface area contributed by atoms with Gasteiger partial charge >= 0.3 is 0 Å². The molecule has 0 radical (unpaired) electrons. The Balaban J connectivity index is 3.38. The van der Waals surface area contributed by atoms with Crippen LogP contribution in [-0.2, 0) is 10.0 Å². The molecule has 0 saturated carbocycles. The van der Waals surface area contributed by atoms with Gasteiger partial charge < -0.3 is 0 Å². The van der Waals surface area contributed by atoms with E-state index in [4.69, 9.17) is 5.84 Å². The molecule has 0 saturated heterocycles. The highest BCUT2D eigenvalue weighted by Crippen LogP contribution is 2.19. The molecule has 72 valence electrons. The summed E-state index contributed by atoms with van der Waals surface area (Å²) in [6.07, 6.45) is 0. The monoisotopic (exact) mass is 264 g/mol. The van der Waals surface area contributed by atoms with Crippen molar-refractivity contribution in [3.63, 3.8) is 0 Å². The zero-order chi connectivity index (χ0) is 10.1. The first-order chi connectivity index (χ1) is 5.97. The fourth-order valence-corrected chi connectivity index (χ4v) is 2.34. The SMILES string of the molecule is Cc1ccc(Br)cc1S(=O)(=O)NN. The van der Waals surface area contributed by atoms with E-state index in [0.29, 0.717) is 10.0 Å². The summed E-state index contributed by atoms with van der Waals surface area (Å²) in [4.78, 5) is 1.96. The van der Waals surface area contributed by atoms with Crippen LogP contribution < -0.4 is 10.7 Å². The summed E-state index contributed by atoms with van der Waals surface area (Å²) in [5, 5.41) is 0. The molecule has 0 aromatic heterocycles. The van der Waals surface area contributed by atoms with Crippen LogP contribution in [0.4, 0.5) is 0 Å². The fraction of sp³-hybridized carbons (Fsp3) is 0.143. The molecule has 0 unspecified atom stereocenters. The molecule has 1 aromatic carbocycles. The van der Waals surface area contributed by atoms with Crippen LogP contribution in [-0.4, -0.2) is 8.42 Å². The van der Waals surface area contributed by atoms with Crippen molar-refractivity contribution in [3.8, 4) is 0 Å². The predicted octanol–water partition coefficient (Wildman–Crippen LogP) is 0.910. The van der Waals surface area contributed by atoms with E-state index >= 15 is 0 Å². The maximum absolute atomic E-state index is 11.3. The van der Waals surface area contributed by atoms with Crippen molar-refractivity contribution in [2.75, 3.05) is 0 Å². The smallest absolute Gasteiger partial charge is 0.253 e. The van der Waals surface area contributed by atoms with Crippen molar-refractivity contribution in [1.29, 1.82) is 0 Å². The minimum absolute atomic E-state index is 0.185. The molecule has 0 aliphatic rings. The zero-order valence-corrected chi connectivity index (χ0v) is 9.31. The third kappa shape index (κ3) is 2.28. The molecule has 13 heavy (non-hydrogen) atoms. The standard InChI is InChI=1S/C7H9BrN2O2S/c1-5-2-3-6(8)4-7(5)13(11,12)10-9/h2-4,10H,9H2,1H3. The van der Waals surface area contributed by atoms with Crippen LogP contribution in [0.1, 0.15) is 5.56 Å². The van der Waals surface area contributed by atoms with E-state index in [0.717, 1.165) is 0 Å². The molecule has 1 aromatic rings. The van der Waals surface area contributed by atoms with Crippen molar-refractivity contribution >= 4 is 26.0 Å². The first-order valence-electron chi connectivity index (χ1n) is 3.46. The fourth-order valence-electron chi connectivity index (χ4n) is 0.927. The van der Waals surface area contributed by atoms with Crippen LogP contribution in [0.2, 0.25) is 0 Å². The van der Waals surface area contributed by atoms with Gasteiger partial charge in [-0.2, -0.15) is 4.83 Å². The lowest BCUT2D eigenvalue weighted by Gasteiger charge is -2.05. The molecular formula is C7H9BrN2O2S. The van der Waals surface area contributed by atoms with Gasteiger partial charge in [0.15, 0.2) is 0 Å². The Kier molecular flexibility index (Phi) is 3.07. The van der Waals surface area contributed by atoms with Crippen LogP contribution in [0.15, 0.2) is 27.6 Å². The van der Waals surface area contributed by atoms with Gasteiger partial charge in [-0.15, -0.1) is 0 Å². The summed E-state index contributed by atoms with van der Waals surface area (Å²) in [5.41, 5.74) is 0.654. The Morgan fingerprint density at radius 2 is 2.08 bits per heavy atom. The topological polar surface area (TPSA) is 72.2 Å². The van der Waals surface area contributed by atoms with Gasteiger partial charge in [0.2, 0.25) is 0 Å². The molecule has 0 aliphatic heterocycles. The normalized spacial score (nSPS) is 11.6. The predicted molar refractivity (Wildman–Crippen MR) is 53.4 cm³/mol. The van der Waals surface area contributed by atoms with Crippen molar-refractivity contribution in [2.24, 2.45) is 5.84 Å². The van der Waals surface area contributed by atoms with E-state index in [1.54, 1.807) is 23.9 Å². The van der Waals surface area contributed by atoms with Gasteiger partial charge in [-0.1, -0.05) is 22.0 Å². The number of hydrazine groups is 1. The van der Waals surface area contributed by atoms with E-state index in [2.05, 4.69) is 15.9 Å². The van der Waals surface area contributed by atoms with Gasteiger partial charge in [0, 0.05) is 4.47 Å². The van der Waals surface area contributed by atoms with Crippen LogP contribution >= 0.6 is 15.9 Å². The summed E-state index contributed by atoms with van der Waals surface area (Å²) in [5.74, 6) is 4.90. The number of rotatable bonds is 2. The summed E-state index contributed by atoms with van der Waals surface area (Å²) in [6.45, 7) is 1.71. The molecule has 1 rings (SSSR count). The van der Waals surface area contributed by atoms with Crippen LogP contribution in [0.25, 0.3) is 0 Å². The molecule has 4 nitrogen and oxygen atoms in total. The van der Waals surface area contributed by atoms with Crippen molar-refractivity contribution in [1.82, 2.24) is 4.83 Å². The second kappa shape index (κ2) is 3.75. The lowest BCUT2D eigenvalue weighted by Crippen LogP contribution is -2.30. The molecular weight excluding hydrogens is 256 g/mol. The number of aryl methyl sites for hydroxylation is 1. The second-order valence-corrected chi connectivity index (χ2v) is 5.13. The number of hydrogen-bond acceptors (Lipinski definition) is 3. The summed E-state index contributed by atoms with van der Waals surface area (Å²) in [7, 11) is -3.55. The molecule has 3 N–H and O–H groups in total. The number of nitrogens with one attached hydrogen (secondary N) is 1. The van der Waals surface area contributed by atoms with E-state index in [-0.39, 0.29) is 4.90 Å². The summed E-state index contributed by atoms with van der Waals surface area (Å²) >= 11 is 3.18. The van der Waals surface area contributed by atoms with Crippen LogP contribution in [0, 0.1) is 6.92 Å². The number of halogens is 1. The Labute approximate surface area is 85.3 Å². The van der Waals surface area contributed by atoms with Gasteiger partial charge in [0.1, 0.15) is 0 Å². The molecule has 0 amide bonds.